The van der Waals surface area contributed by atoms with Crippen molar-refractivity contribution < 1.29 is 53.6 Å². The van der Waals surface area contributed by atoms with Gasteiger partial charge in [0.1, 0.15) is 24.7 Å². The van der Waals surface area contributed by atoms with Gasteiger partial charge in [-0.15, -0.1) is 0 Å². The minimum atomic E-state index is -1.31. The van der Waals surface area contributed by atoms with E-state index in [9.17, 15) is 33.6 Å². The summed E-state index contributed by atoms with van der Waals surface area (Å²) in [6, 6.07) is -3.40. The highest BCUT2D eigenvalue weighted by molar-refractivity contribution is 8.13. The van der Waals surface area contributed by atoms with E-state index in [1.165, 1.54) is 6.92 Å². The number of hydrogen-bond acceptors (Lipinski definition) is 13. The highest BCUT2D eigenvalue weighted by atomic mass is 32.2. The molecule has 18 nitrogen and oxygen atoms in total. The van der Waals surface area contributed by atoms with Gasteiger partial charge < -0.3 is 46.7 Å². The lowest BCUT2D eigenvalue weighted by Crippen LogP contribution is -2.49. The number of carbonyl (C=O) groups is 7. The summed E-state index contributed by atoms with van der Waals surface area (Å²) in [7, 11) is 5.10. The molecule has 1 heterocycles. The lowest BCUT2D eigenvalue weighted by atomic mass is 10.1. The lowest BCUT2D eigenvalue weighted by molar-refractivity contribution is -0.152. The Bertz CT molecular complexity index is 1130. The monoisotopic (exact) mass is 633 g/mol. The average Bonchev–Trinajstić information content (AvgIpc) is 3.31. The van der Waals surface area contributed by atoms with Gasteiger partial charge in [-0.1, -0.05) is 11.8 Å². The van der Waals surface area contributed by atoms with Crippen molar-refractivity contribution in [3.8, 4) is 0 Å². The topological polar surface area (TPSA) is 287 Å². The Hall–Kier alpha value is -4.07. The van der Waals surface area contributed by atoms with Gasteiger partial charge in [-0.3, -0.25) is 38.5 Å². The molecule has 1 aromatic heterocycles. The second kappa shape index (κ2) is 19.9. The Morgan fingerprint density at radius 3 is 2.16 bits per heavy atom. The fourth-order valence-corrected chi connectivity index (χ4v) is 3.71. The molecular formula is C24H39N7O11S. The van der Waals surface area contributed by atoms with Crippen molar-refractivity contribution in [2.24, 2.45) is 18.5 Å². The van der Waals surface area contributed by atoms with Gasteiger partial charge in [0, 0.05) is 37.5 Å². The smallest absolute Gasteiger partial charge is 0.322 e. The summed E-state index contributed by atoms with van der Waals surface area (Å²) in [5.74, 6) is -6.03. The normalized spacial score (nSPS) is 13.4. The molecule has 0 saturated carbocycles. The fourth-order valence-electron chi connectivity index (χ4n) is 2.86. The zero-order valence-corrected chi connectivity index (χ0v) is 25.0. The number of aliphatic carboxylic acids is 3. The third kappa shape index (κ3) is 17.5. The number of imidazole rings is 1. The molecule has 19 heteroatoms. The van der Waals surface area contributed by atoms with Crippen molar-refractivity contribution in [2.75, 3.05) is 32.9 Å². The summed E-state index contributed by atoms with van der Waals surface area (Å²) in [4.78, 5) is 85.2. The van der Waals surface area contributed by atoms with Gasteiger partial charge in [-0.25, -0.2) is 4.98 Å². The number of aromatic nitrogens is 2. The van der Waals surface area contributed by atoms with Crippen LogP contribution >= 0.6 is 11.8 Å². The van der Waals surface area contributed by atoms with Crippen LogP contribution in [0.25, 0.3) is 0 Å². The van der Waals surface area contributed by atoms with Crippen molar-refractivity contribution in [2.45, 2.75) is 50.4 Å². The van der Waals surface area contributed by atoms with Gasteiger partial charge >= 0.3 is 23.9 Å². The maximum Gasteiger partial charge on any atom is 0.322 e. The van der Waals surface area contributed by atoms with Crippen LogP contribution in [-0.2, 0) is 51.8 Å². The first kappa shape index (κ1) is 38.9. The summed E-state index contributed by atoms with van der Waals surface area (Å²) < 4.78 is 6.73. The van der Waals surface area contributed by atoms with Crippen LogP contribution < -0.4 is 22.1 Å². The van der Waals surface area contributed by atoms with Crippen LogP contribution in [0.3, 0.4) is 0 Å². The molecule has 0 aliphatic heterocycles. The lowest BCUT2D eigenvalue weighted by Gasteiger charge is -2.19. The van der Waals surface area contributed by atoms with Crippen molar-refractivity contribution in [3.05, 3.63) is 18.2 Å². The van der Waals surface area contributed by atoms with Crippen molar-refractivity contribution in [1.82, 2.24) is 25.1 Å². The van der Waals surface area contributed by atoms with E-state index in [1.807, 2.05) is 0 Å². The molecule has 0 radical (unpaired) electrons. The van der Waals surface area contributed by atoms with Crippen LogP contribution in [0.2, 0.25) is 0 Å². The summed E-state index contributed by atoms with van der Waals surface area (Å²) in [5.41, 5.74) is 11.5. The molecule has 4 atom stereocenters. The molecule has 43 heavy (non-hydrogen) atoms. The predicted octanol–water partition coefficient (Wildman–Crippen LogP) is -3.01. The van der Waals surface area contributed by atoms with Crippen molar-refractivity contribution in [1.29, 1.82) is 0 Å². The molecular weight excluding hydrogens is 594 g/mol. The Kier molecular flexibility index (Phi) is 18.1. The van der Waals surface area contributed by atoms with Crippen LogP contribution in [-0.4, -0.2) is 128 Å². The zero-order valence-electron chi connectivity index (χ0n) is 24.2. The Balaban J connectivity index is 0.00000121. The van der Waals surface area contributed by atoms with Gasteiger partial charge in [0.2, 0.25) is 16.9 Å². The first-order chi connectivity index (χ1) is 19.9. The fraction of sp³-hybridized carbons (Fsp3) is 0.583. The van der Waals surface area contributed by atoms with Crippen molar-refractivity contribution >= 4 is 52.6 Å². The van der Waals surface area contributed by atoms with Crippen molar-refractivity contribution in [3.63, 3.8) is 0 Å². The van der Waals surface area contributed by atoms with E-state index in [0.717, 1.165) is 5.69 Å². The van der Waals surface area contributed by atoms with Gasteiger partial charge in [0.05, 0.1) is 12.9 Å². The van der Waals surface area contributed by atoms with E-state index in [0.29, 0.717) is 18.2 Å². The second-order valence-corrected chi connectivity index (χ2v) is 10.4. The number of carbonyl (C=O) groups excluding carboxylic acids is 4. The number of rotatable bonds is 17. The van der Waals surface area contributed by atoms with Gasteiger partial charge in [0.25, 0.3) is 0 Å². The number of carboxylic acid groups (broad SMARTS) is 3. The predicted molar refractivity (Wildman–Crippen MR) is 152 cm³/mol. The molecule has 1 aromatic rings. The Morgan fingerprint density at radius 1 is 1.07 bits per heavy atom. The number of nitrogens with two attached hydrogens (primary N) is 2. The first-order valence-corrected chi connectivity index (χ1v) is 13.6. The van der Waals surface area contributed by atoms with Crippen LogP contribution in [0.15, 0.2) is 12.5 Å². The molecule has 0 aromatic carbocycles. The van der Waals surface area contributed by atoms with Gasteiger partial charge in [-0.2, -0.15) is 0 Å². The molecule has 0 spiro atoms. The summed E-state index contributed by atoms with van der Waals surface area (Å²) in [6.07, 6.45) is 1.95. The number of ether oxygens (including phenoxy) is 1. The number of nitrogens with zero attached hydrogens (tertiary/aromatic N) is 3. The van der Waals surface area contributed by atoms with E-state index in [-0.39, 0.29) is 25.1 Å². The Morgan fingerprint density at radius 2 is 1.67 bits per heavy atom. The second-order valence-electron chi connectivity index (χ2n) is 9.36. The minimum Gasteiger partial charge on any atom is -0.480 e. The van der Waals surface area contributed by atoms with Crippen LogP contribution in [0.4, 0.5) is 0 Å². The molecule has 0 aliphatic rings. The largest absolute Gasteiger partial charge is 0.480 e. The number of hydrogen-bond donors (Lipinski definition) is 7. The molecule has 1 rings (SSSR count). The van der Waals surface area contributed by atoms with E-state index in [1.54, 1.807) is 43.1 Å². The van der Waals surface area contributed by atoms with Crippen LogP contribution in [0.5, 0.6) is 0 Å². The summed E-state index contributed by atoms with van der Waals surface area (Å²) in [6.45, 7) is 0.623. The third-order valence-corrected chi connectivity index (χ3v) is 6.32. The number of carboxylic acids is 3. The number of esters is 1. The molecule has 2 amide bonds. The highest BCUT2D eigenvalue weighted by Crippen LogP contribution is 2.11. The van der Waals surface area contributed by atoms with E-state index in [4.69, 9.17) is 31.5 Å². The van der Waals surface area contributed by atoms with Crippen LogP contribution in [0.1, 0.15) is 25.5 Å². The van der Waals surface area contributed by atoms with Crippen LogP contribution in [0, 0.1) is 0 Å². The number of likely N-dealkylation sites (N-methyl/N-ethyl adjacent to an activating group) is 1. The van der Waals surface area contributed by atoms with Gasteiger partial charge in [0.15, 0.2) is 6.10 Å². The van der Waals surface area contributed by atoms with E-state index >= 15 is 0 Å². The molecule has 0 bridgehead atoms. The molecule has 242 valence electrons. The molecule has 0 saturated heterocycles. The first-order valence-electron chi connectivity index (χ1n) is 12.7. The molecule has 9 N–H and O–H groups in total. The van der Waals surface area contributed by atoms with E-state index in [2.05, 4.69) is 15.6 Å². The summed E-state index contributed by atoms with van der Waals surface area (Å²) in [5, 5.41) is 29.8. The van der Waals surface area contributed by atoms with Gasteiger partial charge in [-0.05, 0) is 27.4 Å². The average molecular weight is 634 g/mol. The maximum absolute atomic E-state index is 12.2. The quantitative estimate of drug-likeness (QED) is 0.0841. The Labute approximate surface area is 251 Å². The molecule has 0 aliphatic carbocycles. The number of thioether (sulfide) groups is 1. The maximum atomic E-state index is 12.2. The third-order valence-electron chi connectivity index (χ3n) is 5.21. The molecule has 3 unspecified atom stereocenters. The zero-order chi connectivity index (χ0) is 33.3. The highest BCUT2D eigenvalue weighted by Gasteiger charge is 2.26. The minimum absolute atomic E-state index is 0.0307. The molecule has 0 fully saturated rings. The summed E-state index contributed by atoms with van der Waals surface area (Å²) >= 11 is 0.616. The number of amides is 2. The number of nitrogens with one attached hydrogen (secondary N) is 2. The number of aryl methyl sites for hydroxylation is 1. The standard InChI is InChI=1S/C17H28N4O9S.C7H11N3O2/c1-9(30-14(25)7-21(2)3)17(29)31-8-11(15(26)19-6-13(23)24)20-12(22)5-4-10(18)16(27)28;1-10-4-9-3-5(10)2-6(8)7(11)12/h9-11H,4-8,18H2,1-3H3,(H,19,26)(H,20,22)(H,23,24)(H,27,28);3-4,6H,2,8H2,1H3,(H,11,12)/t;6-/m.0/s1. The van der Waals surface area contributed by atoms with E-state index < -0.39 is 71.6 Å². The SMILES string of the molecule is CC(OC(=O)CN(C)C)C(=O)SCC(NC(=O)CCC(N)C(=O)O)C(=O)NCC(=O)O.Cn1cncc1C[C@H](N)C(=O)O.